The van der Waals surface area contributed by atoms with Crippen molar-refractivity contribution in [3.8, 4) is 0 Å². The van der Waals surface area contributed by atoms with E-state index in [1.54, 1.807) is 11.8 Å². The van der Waals surface area contributed by atoms with Gasteiger partial charge < -0.3 is 19.8 Å². The van der Waals surface area contributed by atoms with Crippen LogP contribution >= 0.6 is 23.2 Å². The van der Waals surface area contributed by atoms with Crippen molar-refractivity contribution in [1.82, 2.24) is 15.2 Å². The number of H-pyrrole nitrogens is 1. The number of hydrogen-bond acceptors (Lipinski definition) is 4. The summed E-state index contributed by atoms with van der Waals surface area (Å²) in [4.78, 5) is 31.0. The normalized spacial score (nSPS) is 24.6. The molecule has 2 amide bonds. The zero-order chi connectivity index (χ0) is 23.8. The quantitative estimate of drug-likeness (QED) is 0.323. The van der Waals surface area contributed by atoms with E-state index in [1.807, 2.05) is 12.1 Å². The van der Waals surface area contributed by atoms with Crippen LogP contribution in [0, 0.1) is 5.92 Å². The standard InChI is InChI=1S/C24H27Cl2N3O4/c1-4-6-21(32-3)22(30)28-24-8-7-14(13-29(24)23(31)33-5-2)16(12-24)20-10-15-9-17(25)18(26)11-19(15)27-20/h4,6,9-11,14,16,27H,1,5,7-8,12-13H2,2-3H3,(H,28,30). The Kier molecular flexibility index (Phi) is 6.64. The fourth-order valence-corrected chi connectivity index (χ4v) is 5.43. The highest BCUT2D eigenvalue weighted by Gasteiger charge is 2.54. The molecule has 2 bridgehead atoms. The van der Waals surface area contributed by atoms with Crippen LogP contribution in [0.4, 0.5) is 4.79 Å². The second-order valence-electron chi connectivity index (χ2n) is 8.45. The Morgan fingerprint density at radius 1 is 1.33 bits per heavy atom. The first-order chi connectivity index (χ1) is 15.8. The maximum atomic E-state index is 13.0. The number of carbonyl (C=O) groups is 2. The monoisotopic (exact) mass is 491 g/mol. The molecule has 3 unspecified atom stereocenters. The summed E-state index contributed by atoms with van der Waals surface area (Å²) in [7, 11) is 1.43. The molecule has 2 aromatic rings. The number of halogens is 2. The average molecular weight is 492 g/mol. The SMILES string of the molecule is C=CC=C(OC)C(=O)NC12CCC(CN1C(=O)OCC)C(c1cc3cc(Cl)c(Cl)cc3[nH]1)C2. The van der Waals surface area contributed by atoms with Gasteiger partial charge in [-0.25, -0.2) is 4.79 Å². The van der Waals surface area contributed by atoms with E-state index in [0.717, 1.165) is 23.0 Å². The van der Waals surface area contributed by atoms with E-state index in [0.29, 0.717) is 29.4 Å². The van der Waals surface area contributed by atoms with Gasteiger partial charge in [-0.15, -0.1) is 0 Å². The molecule has 1 aliphatic carbocycles. The van der Waals surface area contributed by atoms with Crippen LogP contribution in [0.5, 0.6) is 0 Å². The smallest absolute Gasteiger partial charge is 0.411 e. The minimum atomic E-state index is -0.895. The number of aromatic nitrogens is 1. The molecule has 1 aromatic carbocycles. The zero-order valence-corrected chi connectivity index (χ0v) is 20.1. The lowest BCUT2D eigenvalue weighted by molar-refractivity contribution is -0.130. The van der Waals surface area contributed by atoms with Gasteiger partial charge in [-0.05, 0) is 56.4 Å². The molecule has 0 spiro atoms. The number of aromatic amines is 1. The van der Waals surface area contributed by atoms with Gasteiger partial charge in [0.15, 0.2) is 5.76 Å². The van der Waals surface area contributed by atoms with Crippen molar-refractivity contribution in [2.45, 2.75) is 37.8 Å². The molecule has 2 aliphatic heterocycles. The third kappa shape index (κ3) is 4.32. The number of methoxy groups -OCH3 is 1. The number of rotatable bonds is 6. The Morgan fingerprint density at radius 3 is 2.79 bits per heavy atom. The van der Waals surface area contributed by atoms with E-state index in [2.05, 4.69) is 22.9 Å². The summed E-state index contributed by atoms with van der Waals surface area (Å²) in [6.07, 6.45) is 4.58. The second kappa shape index (κ2) is 9.31. The number of allylic oxidation sites excluding steroid dienone is 2. The molecular formula is C24H27Cl2N3O4. The van der Waals surface area contributed by atoms with Crippen LogP contribution in [0.15, 0.2) is 42.7 Å². The Hall–Kier alpha value is -2.64. The van der Waals surface area contributed by atoms with Crippen molar-refractivity contribution in [2.75, 3.05) is 20.3 Å². The molecule has 3 atom stereocenters. The van der Waals surface area contributed by atoms with Crippen LogP contribution in [0.2, 0.25) is 10.0 Å². The Bertz CT molecular complexity index is 1090. The molecular weight excluding hydrogens is 465 g/mol. The molecule has 7 nitrogen and oxygen atoms in total. The third-order valence-corrected chi connectivity index (χ3v) is 7.34. The molecule has 9 heteroatoms. The van der Waals surface area contributed by atoms with E-state index in [4.69, 9.17) is 32.7 Å². The van der Waals surface area contributed by atoms with Crippen molar-refractivity contribution in [2.24, 2.45) is 5.92 Å². The molecule has 3 aliphatic rings. The minimum Gasteiger partial charge on any atom is -0.491 e. The predicted octanol–water partition coefficient (Wildman–Crippen LogP) is 5.36. The van der Waals surface area contributed by atoms with Crippen molar-refractivity contribution < 1.29 is 19.1 Å². The molecule has 2 N–H and O–H groups in total. The lowest BCUT2D eigenvalue weighted by Crippen LogP contribution is -2.70. The Labute approximate surface area is 202 Å². The number of nitrogens with one attached hydrogen (secondary N) is 2. The molecule has 3 heterocycles. The second-order valence-corrected chi connectivity index (χ2v) is 9.27. The van der Waals surface area contributed by atoms with Crippen molar-refractivity contribution >= 4 is 46.1 Å². The summed E-state index contributed by atoms with van der Waals surface area (Å²) in [6.45, 7) is 6.14. The Balaban J connectivity index is 1.70. The van der Waals surface area contributed by atoms with Gasteiger partial charge in [0.25, 0.3) is 5.91 Å². The lowest BCUT2D eigenvalue weighted by Gasteiger charge is -2.56. The van der Waals surface area contributed by atoms with Gasteiger partial charge >= 0.3 is 6.09 Å². The molecule has 3 fully saturated rings. The number of amides is 2. The first-order valence-electron chi connectivity index (χ1n) is 10.9. The lowest BCUT2D eigenvalue weighted by atomic mass is 9.67. The molecule has 2 saturated heterocycles. The van der Waals surface area contributed by atoms with Crippen LogP contribution < -0.4 is 5.32 Å². The van der Waals surface area contributed by atoms with Crippen LogP contribution in [-0.4, -0.2) is 47.8 Å². The topological polar surface area (TPSA) is 83.7 Å². The zero-order valence-electron chi connectivity index (χ0n) is 18.6. The highest BCUT2D eigenvalue weighted by atomic mass is 35.5. The van der Waals surface area contributed by atoms with E-state index >= 15 is 0 Å². The number of ether oxygens (including phenoxy) is 2. The molecule has 176 valence electrons. The van der Waals surface area contributed by atoms with E-state index in [-0.39, 0.29) is 24.2 Å². The van der Waals surface area contributed by atoms with Crippen molar-refractivity contribution in [3.05, 3.63) is 58.4 Å². The van der Waals surface area contributed by atoms with Gasteiger partial charge in [0.1, 0.15) is 5.66 Å². The molecule has 0 radical (unpaired) electrons. The van der Waals surface area contributed by atoms with Crippen LogP contribution in [0.1, 0.15) is 37.8 Å². The number of fused-ring (bicyclic) bond motifs is 4. The van der Waals surface area contributed by atoms with Crippen LogP contribution in [-0.2, 0) is 14.3 Å². The third-order valence-electron chi connectivity index (χ3n) is 6.62. The van der Waals surface area contributed by atoms with E-state index < -0.39 is 17.7 Å². The fraction of sp³-hybridized carbons (Fsp3) is 0.417. The summed E-state index contributed by atoms with van der Waals surface area (Å²) in [5, 5.41) is 5.04. The molecule has 1 saturated carbocycles. The number of benzene rings is 1. The van der Waals surface area contributed by atoms with Crippen molar-refractivity contribution in [1.29, 1.82) is 0 Å². The van der Waals surface area contributed by atoms with Gasteiger partial charge in [0.2, 0.25) is 0 Å². The van der Waals surface area contributed by atoms with Crippen LogP contribution in [0.3, 0.4) is 0 Å². The van der Waals surface area contributed by atoms with Gasteiger partial charge in [0, 0.05) is 29.1 Å². The van der Waals surface area contributed by atoms with Gasteiger partial charge in [-0.1, -0.05) is 35.9 Å². The molecule has 5 rings (SSSR count). The highest BCUT2D eigenvalue weighted by molar-refractivity contribution is 6.42. The molecule has 33 heavy (non-hydrogen) atoms. The summed E-state index contributed by atoms with van der Waals surface area (Å²) >= 11 is 12.4. The van der Waals surface area contributed by atoms with Gasteiger partial charge in [0.05, 0.1) is 23.8 Å². The van der Waals surface area contributed by atoms with Crippen molar-refractivity contribution in [3.63, 3.8) is 0 Å². The fourth-order valence-electron chi connectivity index (χ4n) is 5.09. The van der Waals surface area contributed by atoms with E-state index in [1.165, 1.54) is 19.3 Å². The predicted molar refractivity (Wildman–Crippen MR) is 128 cm³/mol. The first kappa shape index (κ1) is 23.5. The average Bonchev–Trinajstić information content (AvgIpc) is 3.20. The highest BCUT2D eigenvalue weighted by Crippen LogP contribution is 2.50. The summed E-state index contributed by atoms with van der Waals surface area (Å²) in [5.74, 6) is 0.0465. The van der Waals surface area contributed by atoms with Gasteiger partial charge in [-0.2, -0.15) is 0 Å². The minimum absolute atomic E-state index is 0.101. The number of hydrogen-bond donors (Lipinski definition) is 2. The number of carbonyl (C=O) groups excluding carboxylic acids is 2. The largest absolute Gasteiger partial charge is 0.491 e. The number of piperidine rings is 2. The maximum Gasteiger partial charge on any atom is 0.411 e. The summed E-state index contributed by atoms with van der Waals surface area (Å²) < 4.78 is 10.6. The van der Waals surface area contributed by atoms with E-state index in [9.17, 15) is 9.59 Å². The first-order valence-corrected chi connectivity index (χ1v) is 11.7. The number of nitrogens with zero attached hydrogens (tertiary/aromatic N) is 1. The van der Waals surface area contributed by atoms with Crippen LogP contribution in [0.25, 0.3) is 10.9 Å². The Morgan fingerprint density at radius 2 is 2.09 bits per heavy atom. The summed E-state index contributed by atoms with van der Waals surface area (Å²) in [5.41, 5.74) is 1.04. The van der Waals surface area contributed by atoms with Gasteiger partial charge in [-0.3, -0.25) is 9.69 Å². The summed E-state index contributed by atoms with van der Waals surface area (Å²) in [6, 6.07) is 5.73. The maximum absolute atomic E-state index is 13.0. The molecule has 1 aromatic heterocycles.